The molecule has 0 aliphatic carbocycles. The smallest absolute Gasteiger partial charge is 0.305 e. The molecular formula is C14H14N2O4. The molecule has 0 atom stereocenters. The monoisotopic (exact) mass is 274 g/mol. The van der Waals surface area contributed by atoms with Crippen LogP contribution in [0.15, 0.2) is 36.5 Å². The summed E-state index contributed by atoms with van der Waals surface area (Å²) in [5.74, 6) is -0.269. The number of H-pyrrole nitrogens is 1. The number of hydrogen-bond donors (Lipinski definition) is 1. The van der Waals surface area contributed by atoms with Gasteiger partial charge >= 0.3 is 5.97 Å². The molecule has 0 bridgehead atoms. The van der Waals surface area contributed by atoms with Crippen molar-refractivity contribution in [3.8, 4) is 11.1 Å². The Morgan fingerprint density at radius 3 is 2.60 bits per heavy atom. The molecule has 0 radical (unpaired) electrons. The molecule has 6 heteroatoms. The minimum Gasteiger partial charge on any atom is -0.469 e. The summed E-state index contributed by atoms with van der Waals surface area (Å²) in [4.78, 5) is 24.4. The Hall–Kier alpha value is -2.63. The van der Waals surface area contributed by atoms with Gasteiger partial charge in [0, 0.05) is 29.6 Å². The zero-order chi connectivity index (χ0) is 14.5. The van der Waals surface area contributed by atoms with Crippen LogP contribution in [0.2, 0.25) is 0 Å². The first-order valence-corrected chi connectivity index (χ1v) is 6.09. The number of non-ortho nitro benzene ring substituents is 1. The van der Waals surface area contributed by atoms with Crippen molar-refractivity contribution in [1.82, 2.24) is 4.98 Å². The molecule has 0 saturated carbocycles. The Labute approximate surface area is 115 Å². The van der Waals surface area contributed by atoms with Crippen LogP contribution in [0, 0.1) is 10.1 Å². The molecule has 0 spiro atoms. The maximum Gasteiger partial charge on any atom is 0.305 e. The summed E-state index contributed by atoms with van der Waals surface area (Å²) in [6.07, 6.45) is 2.60. The number of nitro benzene ring substituents is 1. The lowest BCUT2D eigenvalue weighted by molar-refractivity contribution is -0.384. The number of nitrogens with one attached hydrogen (secondary N) is 1. The van der Waals surface area contributed by atoms with Crippen LogP contribution in [0.4, 0.5) is 5.69 Å². The predicted molar refractivity (Wildman–Crippen MR) is 73.2 cm³/mol. The molecule has 1 aromatic heterocycles. The van der Waals surface area contributed by atoms with Crippen LogP contribution in [0.25, 0.3) is 11.1 Å². The van der Waals surface area contributed by atoms with Gasteiger partial charge in [-0.1, -0.05) is 0 Å². The van der Waals surface area contributed by atoms with E-state index in [1.54, 1.807) is 18.3 Å². The first-order chi connectivity index (χ1) is 9.61. The van der Waals surface area contributed by atoms with Gasteiger partial charge < -0.3 is 9.72 Å². The van der Waals surface area contributed by atoms with Gasteiger partial charge in [-0.25, -0.2) is 0 Å². The Kier molecular flexibility index (Phi) is 4.14. The lowest BCUT2D eigenvalue weighted by Gasteiger charge is -2.04. The summed E-state index contributed by atoms with van der Waals surface area (Å²) >= 11 is 0. The fourth-order valence-corrected chi connectivity index (χ4v) is 1.97. The quantitative estimate of drug-likeness (QED) is 0.516. The molecule has 0 amide bonds. The van der Waals surface area contributed by atoms with Crippen LogP contribution in [-0.4, -0.2) is 23.0 Å². The number of nitro groups is 1. The molecule has 104 valence electrons. The fraction of sp³-hybridized carbons (Fsp3) is 0.214. The summed E-state index contributed by atoms with van der Waals surface area (Å²) in [6.45, 7) is 0. The maximum absolute atomic E-state index is 11.2. The van der Waals surface area contributed by atoms with Crippen LogP contribution in [0.5, 0.6) is 0 Å². The van der Waals surface area contributed by atoms with Crippen molar-refractivity contribution in [2.45, 2.75) is 12.8 Å². The van der Waals surface area contributed by atoms with E-state index in [-0.39, 0.29) is 18.1 Å². The van der Waals surface area contributed by atoms with Gasteiger partial charge in [0.25, 0.3) is 5.69 Å². The highest BCUT2D eigenvalue weighted by molar-refractivity contribution is 5.71. The largest absolute Gasteiger partial charge is 0.469 e. The summed E-state index contributed by atoms with van der Waals surface area (Å²) in [7, 11) is 1.36. The number of carbonyl (C=O) groups is 1. The number of methoxy groups -OCH3 is 1. The Morgan fingerprint density at radius 2 is 2.00 bits per heavy atom. The average Bonchev–Trinajstić information content (AvgIpc) is 2.93. The van der Waals surface area contributed by atoms with Gasteiger partial charge in [-0.3, -0.25) is 14.9 Å². The lowest BCUT2D eigenvalue weighted by atomic mass is 10.0. The number of aryl methyl sites for hydroxylation is 1. The normalized spacial score (nSPS) is 10.2. The highest BCUT2D eigenvalue weighted by atomic mass is 16.6. The van der Waals surface area contributed by atoms with Crippen molar-refractivity contribution in [3.05, 3.63) is 52.3 Å². The standard InChI is InChI=1S/C14H14N2O4/c1-20-14(17)7-6-13-12(8-9-15-13)10-2-4-11(5-3-10)16(18)19/h2-5,8-9,15H,6-7H2,1H3. The molecule has 0 unspecified atom stereocenters. The van der Waals surface area contributed by atoms with Gasteiger partial charge in [-0.2, -0.15) is 0 Å². The first kappa shape index (κ1) is 13.8. The van der Waals surface area contributed by atoms with Crippen molar-refractivity contribution >= 4 is 11.7 Å². The minimum atomic E-state index is -0.431. The van der Waals surface area contributed by atoms with E-state index in [1.807, 2.05) is 6.07 Å². The summed E-state index contributed by atoms with van der Waals surface area (Å²) in [6, 6.07) is 8.21. The van der Waals surface area contributed by atoms with E-state index in [0.717, 1.165) is 16.8 Å². The molecule has 20 heavy (non-hydrogen) atoms. The number of esters is 1. The third kappa shape index (κ3) is 3.03. The van der Waals surface area contributed by atoms with Gasteiger partial charge in [0.1, 0.15) is 0 Å². The van der Waals surface area contributed by atoms with E-state index in [0.29, 0.717) is 6.42 Å². The number of aromatic amines is 1. The third-order valence-electron chi connectivity index (χ3n) is 3.03. The topological polar surface area (TPSA) is 85.2 Å². The number of rotatable bonds is 5. The maximum atomic E-state index is 11.2. The van der Waals surface area contributed by atoms with Crippen LogP contribution >= 0.6 is 0 Å². The highest BCUT2D eigenvalue weighted by Crippen LogP contribution is 2.26. The average molecular weight is 274 g/mol. The zero-order valence-corrected chi connectivity index (χ0v) is 11.0. The van der Waals surface area contributed by atoms with E-state index in [9.17, 15) is 14.9 Å². The van der Waals surface area contributed by atoms with Gasteiger partial charge in [0.05, 0.1) is 18.5 Å². The van der Waals surface area contributed by atoms with E-state index < -0.39 is 4.92 Å². The number of carbonyl (C=O) groups excluding carboxylic acids is 1. The molecule has 0 saturated heterocycles. The Bertz CT molecular complexity index is 616. The molecule has 1 N–H and O–H groups in total. The first-order valence-electron chi connectivity index (χ1n) is 6.09. The Morgan fingerprint density at radius 1 is 1.30 bits per heavy atom. The van der Waals surface area contributed by atoms with Crippen LogP contribution in [-0.2, 0) is 16.0 Å². The summed E-state index contributed by atoms with van der Waals surface area (Å²) in [5.41, 5.74) is 2.77. The summed E-state index contributed by atoms with van der Waals surface area (Å²) < 4.78 is 4.61. The molecule has 6 nitrogen and oxygen atoms in total. The van der Waals surface area contributed by atoms with E-state index >= 15 is 0 Å². The number of ether oxygens (including phenoxy) is 1. The van der Waals surface area contributed by atoms with Crippen LogP contribution < -0.4 is 0 Å². The van der Waals surface area contributed by atoms with E-state index in [2.05, 4.69) is 9.72 Å². The predicted octanol–water partition coefficient (Wildman–Crippen LogP) is 2.70. The third-order valence-corrected chi connectivity index (χ3v) is 3.03. The molecule has 2 rings (SSSR count). The van der Waals surface area contributed by atoms with Gasteiger partial charge in [-0.05, 0) is 30.2 Å². The fourth-order valence-electron chi connectivity index (χ4n) is 1.97. The highest BCUT2D eigenvalue weighted by Gasteiger charge is 2.11. The number of hydrogen-bond acceptors (Lipinski definition) is 4. The van der Waals surface area contributed by atoms with Crippen molar-refractivity contribution in [1.29, 1.82) is 0 Å². The molecule has 2 aromatic rings. The molecule has 1 aromatic carbocycles. The molecule has 0 aliphatic heterocycles. The van der Waals surface area contributed by atoms with Crippen molar-refractivity contribution in [3.63, 3.8) is 0 Å². The van der Waals surface area contributed by atoms with E-state index in [1.165, 1.54) is 19.2 Å². The van der Waals surface area contributed by atoms with Crippen LogP contribution in [0.3, 0.4) is 0 Å². The SMILES string of the molecule is COC(=O)CCc1[nH]ccc1-c1ccc([N+](=O)[O-])cc1. The summed E-state index contributed by atoms with van der Waals surface area (Å²) in [5, 5.41) is 10.6. The van der Waals surface area contributed by atoms with E-state index in [4.69, 9.17) is 0 Å². The molecule has 0 fully saturated rings. The van der Waals surface area contributed by atoms with Crippen molar-refractivity contribution < 1.29 is 14.5 Å². The molecular weight excluding hydrogens is 260 g/mol. The molecule has 1 heterocycles. The second kappa shape index (κ2) is 6.01. The molecule has 0 aliphatic rings. The Balaban J connectivity index is 2.18. The second-order valence-corrected chi connectivity index (χ2v) is 4.25. The lowest BCUT2D eigenvalue weighted by Crippen LogP contribution is -2.02. The van der Waals surface area contributed by atoms with Gasteiger partial charge in [-0.15, -0.1) is 0 Å². The number of benzene rings is 1. The number of nitrogens with zero attached hydrogens (tertiary/aromatic N) is 1. The van der Waals surface area contributed by atoms with Crippen molar-refractivity contribution in [2.75, 3.05) is 7.11 Å². The number of aromatic nitrogens is 1. The minimum absolute atomic E-state index is 0.0559. The second-order valence-electron chi connectivity index (χ2n) is 4.25. The van der Waals surface area contributed by atoms with Crippen molar-refractivity contribution in [2.24, 2.45) is 0 Å². The van der Waals surface area contributed by atoms with Gasteiger partial charge in [0.2, 0.25) is 0 Å². The zero-order valence-electron chi connectivity index (χ0n) is 11.0. The van der Waals surface area contributed by atoms with Crippen LogP contribution in [0.1, 0.15) is 12.1 Å². The van der Waals surface area contributed by atoms with Gasteiger partial charge in [0.15, 0.2) is 0 Å².